The first kappa shape index (κ1) is 13.9. The van der Waals surface area contributed by atoms with Crippen LogP contribution in [0.15, 0.2) is 4.99 Å². The molecule has 0 spiro atoms. The molecule has 2 nitrogen and oxygen atoms in total. The minimum atomic E-state index is 0.739. The Labute approximate surface area is 105 Å². The highest BCUT2D eigenvalue weighted by atomic mass is 32.2. The van der Waals surface area contributed by atoms with Gasteiger partial charge in [0.25, 0.3) is 0 Å². The van der Waals surface area contributed by atoms with Gasteiger partial charge in [0.1, 0.15) is 0 Å². The summed E-state index contributed by atoms with van der Waals surface area (Å²) in [5.74, 6) is 0.840. The van der Waals surface area contributed by atoms with Crippen LogP contribution < -0.4 is 5.32 Å². The van der Waals surface area contributed by atoms with E-state index in [0.29, 0.717) is 0 Å². The van der Waals surface area contributed by atoms with E-state index in [4.69, 9.17) is 0 Å². The summed E-state index contributed by atoms with van der Waals surface area (Å²) in [6.45, 7) is 8.95. The number of nitrogens with zero attached hydrogens (tertiary/aromatic N) is 1. The van der Waals surface area contributed by atoms with Crippen molar-refractivity contribution in [1.82, 2.24) is 5.32 Å². The van der Waals surface area contributed by atoms with Crippen molar-refractivity contribution in [1.29, 1.82) is 0 Å². The smallest absolute Gasteiger partial charge is 0.156 e. The topological polar surface area (TPSA) is 24.4 Å². The van der Waals surface area contributed by atoms with E-state index in [0.717, 1.165) is 24.3 Å². The van der Waals surface area contributed by atoms with Gasteiger partial charge in [-0.05, 0) is 18.8 Å². The molecule has 0 saturated heterocycles. The highest BCUT2D eigenvalue weighted by Gasteiger charge is 2.17. The third-order valence-corrected chi connectivity index (χ3v) is 4.03. The van der Waals surface area contributed by atoms with E-state index in [2.05, 4.69) is 31.1 Å². The molecule has 1 unspecified atom stereocenters. The third kappa shape index (κ3) is 5.78. The number of amidine groups is 1. The van der Waals surface area contributed by atoms with Crippen LogP contribution in [0.5, 0.6) is 0 Å². The molecule has 0 amide bonds. The van der Waals surface area contributed by atoms with Crippen LogP contribution in [0.25, 0.3) is 0 Å². The third-order valence-electron chi connectivity index (χ3n) is 2.81. The maximum atomic E-state index is 4.54. The van der Waals surface area contributed by atoms with Gasteiger partial charge in [-0.2, -0.15) is 0 Å². The molecule has 0 bridgehead atoms. The molecule has 1 aliphatic heterocycles. The molecule has 0 fully saturated rings. The maximum Gasteiger partial charge on any atom is 0.156 e. The summed E-state index contributed by atoms with van der Waals surface area (Å²) in [4.78, 5) is 4.54. The van der Waals surface area contributed by atoms with Gasteiger partial charge in [-0.3, -0.25) is 4.99 Å². The molecule has 1 heterocycles. The number of aliphatic imine (C=N–C) groups is 1. The summed E-state index contributed by atoms with van der Waals surface area (Å²) in [6.07, 6.45) is 6.53. The van der Waals surface area contributed by atoms with Crippen molar-refractivity contribution in [3.05, 3.63) is 0 Å². The summed E-state index contributed by atoms with van der Waals surface area (Å²) in [5, 5.41) is 5.38. The lowest BCUT2D eigenvalue weighted by atomic mass is 10.1. The van der Waals surface area contributed by atoms with Crippen molar-refractivity contribution < 1.29 is 0 Å². The van der Waals surface area contributed by atoms with E-state index < -0.39 is 0 Å². The van der Waals surface area contributed by atoms with Gasteiger partial charge in [-0.1, -0.05) is 51.8 Å². The van der Waals surface area contributed by atoms with Gasteiger partial charge < -0.3 is 5.32 Å². The van der Waals surface area contributed by atoms with Crippen LogP contribution in [0.1, 0.15) is 52.9 Å². The molecule has 1 N–H and O–H groups in total. The van der Waals surface area contributed by atoms with Crippen molar-refractivity contribution >= 4 is 16.9 Å². The van der Waals surface area contributed by atoms with E-state index in [1.165, 1.54) is 37.3 Å². The summed E-state index contributed by atoms with van der Waals surface area (Å²) in [7, 11) is 0. The van der Waals surface area contributed by atoms with Crippen LogP contribution in [0.3, 0.4) is 0 Å². The number of unbranched alkanes of at least 4 members (excludes halogenated alkanes) is 1. The molecular formula is C13H26N2S. The Morgan fingerprint density at radius 2 is 2.25 bits per heavy atom. The molecular weight excluding hydrogens is 216 g/mol. The highest BCUT2D eigenvalue weighted by molar-refractivity contribution is 8.14. The molecule has 1 rings (SSSR count). The number of nitrogens with one attached hydrogen (secondary N) is 1. The monoisotopic (exact) mass is 242 g/mol. The van der Waals surface area contributed by atoms with Crippen molar-refractivity contribution in [2.75, 3.05) is 13.1 Å². The minimum Gasteiger partial charge on any atom is -0.365 e. The quantitative estimate of drug-likeness (QED) is 0.689. The number of thioether (sulfide) groups is 1. The molecule has 0 aromatic rings. The summed E-state index contributed by atoms with van der Waals surface area (Å²) < 4.78 is 0. The number of rotatable bonds is 7. The average Bonchev–Trinajstić information content (AvgIpc) is 2.65. The van der Waals surface area contributed by atoms with Crippen LogP contribution in [-0.2, 0) is 0 Å². The Bertz CT molecular complexity index is 214. The fraction of sp³-hybridized carbons (Fsp3) is 0.923. The lowest BCUT2D eigenvalue weighted by molar-refractivity contribution is 0.536. The molecule has 16 heavy (non-hydrogen) atoms. The molecule has 1 aliphatic rings. The number of hydrogen-bond donors (Lipinski definition) is 1. The van der Waals surface area contributed by atoms with Gasteiger partial charge in [0, 0.05) is 11.8 Å². The van der Waals surface area contributed by atoms with Crippen LogP contribution in [-0.4, -0.2) is 23.5 Å². The Kier molecular flexibility index (Phi) is 6.93. The van der Waals surface area contributed by atoms with E-state index >= 15 is 0 Å². The Morgan fingerprint density at radius 1 is 1.44 bits per heavy atom. The second-order valence-electron chi connectivity index (χ2n) is 4.99. The van der Waals surface area contributed by atoms with E-state index in [9.17, 15) is 0 Å². The zero-order chi connectivity index (χ0) is 11.8. The first-order chi connectivity index (χ1) is 7.72. The van der Waals surface area contributed by atoms with Crippen LogP contribution in [0, 0.1) is 5.92 Å². The van der Waals surface area contributed by atoms with Gasteiger partial charge in [0.15, 0.2) is 5.17 Å². The molecule has 0 saturated carbocycles. The Balaban J connectivity index is 1.98. The van der Waals surface area contributed by atoms with Crippen LogP contribution >= 0.6 is 11.8 Å². The molecule has 0 aliphatic carbocycles. The fourth-order valence-corrected chi connectivity index (χ4v) is 3.01. The van der Waals surface area contributed by atoms with Gasteiger partial charge in [0.05, 0.1) is 6.54 Å². The second kappa shape index (κ2) is 7.99. The van der Waals surface area contributed by atoms with E-state index in [-0.39, 0.29) is 0 Å². The first-order valence-electron chi connectivity index (χ1n) is 6.67. The average molecular weight is 242 g/mol. The van der Waals surface area contributed by atoms with Crippen LogP contribution in [0.2, 0.25) is 0 Å². The summed E-state index contributed by atoms with van der Waals surface area (Å²) in [6, 6.07) is 0. The van der Waals surface area contributed by atoms with Gasteiger partial charge in [-0.25, -0.2) is 0 Å². The maximum absolute atomic E-state index is 4.54. The molecule has 3 heteroatoms. The van der Waals surface area contributed by atoms with E-state index in [1.54, 1.807) is 0 Å². The second-order valence-corrected chi connectivity index (χ2v) is 6.28. The Hall–Kier alpha value is -0.180. The lowest BCUT2D eigenvalue weighted by Crippen LogP contribution is -2.20. The fourth-order valence-electron chi connectivity index (χ4n) is 1.86. The predicted octanol–water partition coefficient (Wildman–Crippen LogP) is 3.67. The molecule has 0 aromatic heterocycles. The van der Waals surface area contributed by atoms with Crippen LogP contribution in [0.4, 0.5) is 0 Å². The normalized spacial score (nSPS) is 20.2. The van der Waals surface area contributed by atoms with Gasteiger partial charge in [0.2, 0.25) is 0 Å². The minimum absolute atomic E-state index is 0.739. The SMILES string of the molecule is CCCC1CN=C(NCCCCC(C)C)S1. The molecule has 94 valence electrons. The number of hydrogen-bond acceptors (Lipinski definition) is 3. The standard InChI is InChI=1S/C13H26N2S/c1-4-7-12-10-15-13(16-12)14-9-6-5-8-11(2)3/h11-12H,4-10H2,1-3H3,(H,14,15). The molecule has 0 radical (unpaired) electrons. The lowest BCUT2D eigenvalue weighted by Gasteiger charge is -2.08. The Morgan fingerprint density at radius 3 is 2.94 bits per heavy atom. The molecule has 1 atom stereocenters. The summed E-state index contributed by atoms with van der Waals surface area (Å²) >= 11 is 1.94. The summed E-state index contributed by atoms with van der Waals surface area (Å²) in [5.41, 5.74) is 0. The van der Waals surface area contributed by atoms with Crippen molar-refractivity contribution in [2.24, 2.45) is 10.9 Å². The van der Waals surface area contributed by atoms with Crippen molar-refractivity contribution in [3.63, 3.8) is 0 Å². The molecule has 0 aromatic carbocycles. The van der Waals surface area contributed by atoms with E-state index in [1.807, 2.05) is 11.8 Å². The van der Waals surface area contributed by atoms with Crippen molar-refractivity contribution in [3.8, 4) is 0 Å². The first-order valence-corrected chi connectivity index (χ1v) is 7.55. The van der Waals surface area contributed by atoms with Gasteiger partial charge in [-0.15, -0.1) is 0 Å². The zero-order valence-electron chi connectivity index (χ0n) is 11.0. The largest absolute Gasteiger partial charge is 0.365 e. The predicted molar refractivity (Wildman–Crippen MR) is 75.3 cm³/mol. The zero-order valence-corrected chi connectivity index (χ0v) is 11.8. The highest BCUT2D eigenvalue weighted by Crippen LogP contribution is 2.23. The van der Waals surface area contributed by atoms with Gasteiger partial charge >= 0.3 is 0 Å². The van der Waals surface area contributed by atoms with Crippen molar-refractivity contribution in [2.45, 2.75) is 58.1 Å².